The Balaban J connectivity index is 3.14. The van der Waals surface area contributed by atoms with E-state index in [1.54, 1.807) is 0 Å². The summed E-state index contributed by atoms with van der Waals surface area (Å²) in [6.07, 6.45) is 0.883. The van der Waals surface area contributed by atoms with Crippen LogP contribution in [0.5, 0.6) is 0 Å². The van der Waals surface area contributed by atoms with Crippen molar-refractivity contribution in [2.45, 2.75) is 39.2 Å². The fourth-order valence-electron chi connectivity index (χ4n) is 1.80. The molecule has 0 aliphatic carbocycles. The first-order valence-electron chi connectivity index (χ1n) is 5.73. The zero-order valence-corrected chi connectivity index (χ0v) is 11.9. The highest BCUT2D eigenvalue weighted by molar-refractivity contribution is 9.10. The van der Waals surface area contributed by atoms with Gasteiger partial charge in [-0.15, -0.1) is 0 Å². The lowest BCUT2D eigenvalue weighted by Gasteiger charge is -2.33. The SMILES string of the molecule is CCC(N)(Cc1c(F)ccc(Br)c1F)C(C)C. The summed E-state index contributed by atoms with van der Waals surface area (Å²) in [5.41, 5.74) is 5.70. The van der Waals surface area contributed by atoms with Crippen LogP contribution in [0.4, 0.5) is 8.78 Å². The maximum atomic E-state index is 13.9. The molecule has 0 saturated carbocycles. The van der Waals surface area contributed by atoms with Crippen LogP contribution in [-0.4, -0.2) is 5.54 Å². The molecular weight excluding hydrogens is 288 g/mol. The summed E-state index contributed by atoms with van der Waals surface area (Å²) >= 11 is 3.06. The summed E-state index contributed by atoms with van der Waals surface area (Å²) < 4.78 is 27.8. The van der Waals surface area contributed by atoms with Gasteiger partial charge in [0.2, 0.25) is 0 Å². The molecule has 0 heterocycles. The normalized spacial score (nSPS) is 15.1. The second-order valence-corrected chi connectivity index (χ2v) is 5.59. The van der Waals surface area contributed by atoms with E-state index < -0.39 is 17.2 Å². The minimum Gasteiger partial charge on any atom is -0.325 e. The topological polar surface area (TPSA) is 26.0 Å². The molecule has 0 radical (unpaired) electrons. The molecule has 0 aromatic heterocycles. The van der Waals surface area contributed by atoms with E-state index in [4.69, 9.17) is 5.73 Å². The van der Waals surface area contributed by atoms with Crippen LogP contribution in [-0.2, 0) is 6.42 Å². The lowest BCUT2D eigenvalue weighted by molar-refractivity contribution is 0.289. The molecule has 0 aliphatic heterocycles. The van der Waals surface area contributed by atoms with Crippen molar-refractivity contribution in [2.75, 3.05) is 0 Å². The van der Waals surface area contributed by atoms with Gasteiger partial charge in [0.1, 0.15) is 11.6 Å². The number of hydrogen-bond acceptors (Lipinski definition) is 1. The Morgan fingerprint density at radius 2 is 1.94 bits per heavy atom. The third kappa shape index (κ3) is 3.05. The molecule has 0 saturated heterocycles. The monoisotopic (exact) mass is 305 g/mol. The molecule has 0 bridgehead atoms. The predicted octanol–water partition coefficient (Wildman–Crippen LogP) is 4.03. The predicted molar refractivity (Wildman–Crippen MR) is 69.8 cm³/mol. The lowest BCUT2D eigenvalue weighted by atomic mass is 9.79. The summed E-state index contributed by atoms with van der Waals surface area (Å²) in [5, 5.41) is 0. The van der Waals surface area contributed by atoms with Gasteiger partial charge in [0.25, 0.3) is 0 Å². The van der Waals surface area contributed by atoms with Crippen LogP contribution in [0.1, 0.15) is 32.8 Å². The minimum atomic E-state index is -0.581. The average Bonchev–Trinajstić information content (AvgIpc) is 2.29. The molecule has 0 aliphatic rings. The molecule has 1 atom stereocenters. The van der Waals surface area contributed by atoms with Crippen LogP contribution >= 0.6 is 15.9 Å². The fraction of sp³-hybridized carbons (Fsp3) is 0.538. The van der Waals surface area contributed by atoms with Crippen LogP contribution in [0.3, 0.4) is 0 Å². The van der Waals surface area contributed by atoms with Gasteiger partial charge in [-0.05, 0) is 46.8 Å². The third-order valence-corrected chi connectivity index (χ3v) is 4.07. The van der Waals surface area contributed by atoms with Crippen LogP contribution < -0.4 is 5.73 Å². The first-order valence-corrected chi connectivity index (χ1v) is 6.52. The smallest absolute Gasteiger partial charge is 0.143 e. The Kier molecular flexibility index (Phi) is 4.67. The molecule has 96 valence electrons. The van der Waals surface area contributed by atoms with Crippen LogP contribution in [0, 0.1) is 17.6 Å². The molecule has 1 nitrogen and oxygen atoms in total. The molecule has 0 amide bonds. The molecule has 1 aromatic carbocycles. The molecule has 0 spiro atoms. The van der Waals surface area contributed by atoms with E-state index in [2.05, 4.69) is 15.9 Å². The van der Waals surface area contributed by atoms with Crippen molar-refractivity contribution in [3.63, 3.8) is 0 Å². The first-order chi connectivity index (χ1) is 7.81. The molecule has 2 N–H and O–H groups in total. The van der Waals surface area contributed by atoms with E-state index in [1.807, 2.05) is 20.8 Å². The van der Waals surface area contributed by atoms with Crippen LogP contribution in [0.25, 0.3) is 0 Å². The molecule has 1 unspecified atom stereocenters. The third-order valence-electron chi connectivity index (χ3n) is 3.45. The van der Waals surface area contributed by atoms with Crippen LogP contribution in [0.15, 0.2) is 16.6 Å². The zero-order chi connectivity index (χ0) is 13.2. The Morgan fingerprint density at radius 1 is 1.35 bits per heavy atom. The average molecular weight is 306 g/mol. The van der Waals surface area contributed by atoms with Gasteiger partial charge in [0.05, 0.1) is 4.47 Å². The first kappa shape index (κ1) is 14.6. The van der Waals surface area contributed by atoms with Gasteiger partial charge in [-0.3, -0.25) is 0 Å². The van der Waals surface area contributed by atoms with Gasteiger partial charge in [0.15, 0.2) is 0 Å². The maximum absolute atomic E-state index is 13.9. The van der Waals surface area contributed by atoms with E-state index in [1.165, 1.54) is 12.1 Å². The molecule has 1 rings (SSSR count). The van der Waals surface area contributed by atoms with Crippen molar-refractivity contribution >= 4 is 15.9 Å². The van der Waals surface area contributed by atoms with Gasteiger partial charge in [-0.1, -0.05) is 20.8 Å². The summed E-state index contributed by atoms with van der Waals surface area (Å²) in [4.78, 5) is 0. The maximum Gasteiger partial charge on any atom is 0.143 e. The molecule has 0 fully saturated rings. The number of nitrogens with two attached hydrogens (primary N) is 1. The van der Waals surface area contributed by atoms with Gasteiger partial charge in [-0.2, -0.15) is 0 Å². The molecule has 4 heteroatoms. The van der Waals surface area contributed by atoms with Crippen molar-refractivity contribution in [1.29, 1.82) is 0 Å². The Bertz CT molecular complexity index is 407. The van der Waals surface area contributed by atoms with E-state index in [9.17, 15) is 8.78 Å². The van der Waals surface area contributed by atoms with Crippen molar-refractivity contribution in [1.82, 2.24) is 0 Å². The second-order valence-electron chi connectivity index (χ2n) is 4.74. The highest BCUT2D eigenvalue weighted by atomic mass is 79.9. The number of rotatable bonds is 4. The van der Waals surface area contributed by atoms with Gasteiger partial charge in [0, 0.05) is 11.1 Å². The quantitative estimate of drug-likeness (QED) is 0.835. The lowest BCUT2D eigenvalue weighted by Crippen LogP contribution is -2.47. The number of hydrogen-bond donors (Lipinski definition) is 1. The Hall–Kier alpha value is -0.480. The Morgan fingerprint density at radius 3 is 2.41 bits per heavy atom. The van der Waals surface area contributed by atoms with Crippen molar-refractivity contribution < 1.29 is 8.78 Å². The van der Waals surface area contributed by atoms with E-state index in [0.29, 0.717) is 6.42 Å². The number of benzene rings is 1. The summed E-state index contributed by atoms with van der Waals surface area (Å²) in [5.74, 6) is -0.922. The van der Waals surface area contributed by atoms with Crippen molar-refractivity contribution in [2.24, 2.45) is 11.7 Å². The minimum absolute atomic E-state index is 0.0671. The fourth-order valence-corrected chi connectivity index (χ4v) is 2.17. The largest absolute Gasteiger partial charge is 0.325 e. The summed E-state index contributed by atoms with van der Waals surface area (Å²) in [6.45, 7) is 5.88. The summed E-state index contributed by atoms with van der Waals surface area (Å²) in [7, 11) is 0. The second kappa shape index (κ2) is 5.44. The van der Waals surface area contributed by atoms with E-state index in [-0.39, 0.29) is 22.4 Å². The molecule has 1 aromatic rings. The zero-order valence-electron chi connectivity index (χ0n) is 10.4. The van der Waals surface area contributed by atoms with Gasteiger partial charge < -0.3 is 5.73 Å². The Labute approximate surface area is 110 Å². The van der Waals surface area contributed by atoms with E-state index >= 15 is 0 Å². The van der Waals surface area contributed by atoms with Gasteiger partial charge in [-0.25, -0.2) is 8.78 Å². The highest BCUT2D eigenvalue weighted by Crippen LogP contribution is 2.29. The molecular formula is C13H18BrF2N. The standard InChI is InChI=1S/C13H18BrF2N/c1-4-13(17,8(2)3)7-9-11(15)6-5-10(14)12(9)16/h5-6,8H,4,7,17H2,1-3H3. The highest BCUT2D eigenvalue weighted by Gasteiger charge is 2.30. The summed E-state index contributed by atoms with van der Waals surface area (Å²) in [6, 6.07) is 2.63. The van der Waals surface area contributed by atoms with Crippen molar-refractivity contribution in [3.05, 3.63) is 33.8 Å². The van der Waals surface area contributed by atoms with Crippen molar-refractivity contribution in [3.8, 4) is 0 Å². The molecule has 17 heavy (non-hydrogen) atoms. The van der Waals surface area contributed by atoms with E-state index in [0.717, 1.165) is 0 Å². The van der Waals surface area contributed by atoms with Gasteiger partial charge >= 0.3 is 0 Å². The van der Waals surface area contributed by atoms with Crippen LogP contribution in [0.2, 0.25) is 0 Å². The number of halogens is 3.